The second-order valence-electron chi connectivity index (χ2n) is 6.02. The van der Waals surface area contributed by atoms with Gasteiger partial charge < -0.3 is 10.1 Å². The molecule has 1 amide bonds. The summed E-state index contributed by atoms with van der Waals surface area (Å²) in [4.78, 5) is 25.3. The SMILES string of the molecule is CCOC(=O)c1c(-c2cccc(C)c2)csc1NC(=O)c1ccc(Cl)cc1Cl. The molecular formula is C21H17Cl2NO3S. The molecule has 0 fully saturated rings. The first-order chi connectivity index (χ1) is 13.4. The lowest BCUT2D eigenvalue weighted by Gasteiger charge is -2.10. The van der Waals surface area contributed by atoms with Crippen LogP contribution in [0.3, 0.4) is 0 Å². The molecule has 3 rings (SSSR count). The minimum Gasteiger partial charge on any atom is -0.462 e. The molecule has 144 valence electrons. The van der Waals surface area contributed by atoms with E-state index in [1.54, 1.807) is 19.1 Å². The highest BCUT2D eigenvalue weighted by Crippen LogP contribution is 2.37. The molecule has 0 atom stereocenters. The van der Waals surface area contributed by atoms with Gasteiger partial charge in [0.15, 0.2) is 0 Å². The number of aryl methyl sites for hydroxylation is 1. The van der Waals surface area contributed by atoms with Crippen molar-refractivity contribution in [3.8, 4) is 11.1 Å². The molecule has 4 nitrogen and oxygen atoms in total. The molecule has 3 aromatic rings. The van der Waals surface area contributed by atoms with Crippen molar-refractivity contribution >= 4 is 51.4 Å². The van der Waals surface area contributed by atoms with Crippen molar-refractivity contribution in [3.05, 3.63) is 74.6 Å². The van der Waals surface area contributed by atoms with Gasteiger partial charge in [-0.15, -0.1) is 11.3 Å². The Morgan fingerprint density at radius 3 is 2.61 bits per heavy atom. The lowest BCUT2D eigenvalue weighted by Crippen LogP contribution is -2.15. The summed E-state index contributed by atoms with van der Waals surface area (Å²) in [5.74, 6) is -0.914. The molecule has 2 aromatic carbocycles. The Bertz CT molecular complexity index is 1050. The van der Waals surface area contributed by atoms with Crippen LogP contribution in [-0.4, -0.2) is 18.5 Å². The number of carbonyl (C=O) groups is 2. The molecule has 0 aliphatic rings. The summed E-state index contributed by atoms with van der Waals surface area (Å²) in [6.45, 7) is 3.95. The summed E-state index contributed by atoms with van der Waals surface area (Å²) < 4.78 is 5.22. The number of ether oxygens (including phenoxy) is 1. The normalized spacial score (nSPS) is 10.6. The predicted octanol–water partition coefficient (Wildman–Crippen LogP) is 6.46. The van der Waals surface area contributed by atoms with Crippen LogP contribution in [0.5, 0.6) is 0 Å². The second-order valence-corrected chi connectivity index (χ2v) is 7.75. The first-order valence-corrected chi connectivity index (χ1v) is 10.2. The zero-order chi connectivity index (χ0) is 20.3. The number of anilines is 1. The van der Waals surface area contributed by atoms with Crippen molar-refractivity contribution < 1.29 is 14.3 Å². The lowest BCUT2D eigenvalue weighted by atomic mass is 10.0. The van der Waals surface area contributed by atoms with Crippen LogP contribution in [0.1, 0.15) is 33.2 Å². The van der Waals surface area contributed by atoms with Crippen molar-refractivity contribution in [2.75, 3.05) is 11.9 Å². The number of amides is 1. The van der Waals surface area contributed by atoms with Crippen LogP contribution in [0.2, 0.25) is 10.0 Å². The van der Waals surface area contributed by atoms with E-state index in [9.17, 15) is 9.59 Å². The monoisotopic (exact) mass is 433 g/mol. The molecule has 1 N–H and O–H groups in total. The number of carbonyl (C=O) groups excluding carboxylic acids is 2. The van der Waals surface area contributed by atoms with Crippen LogP contribution < -0.4 is 5.32 Å². The zero-order valence-electron chi connectivity index (χ0n) is 15.2. The maximum absolute atomic E-state index is 12.7. The molecule has 0 radical (unpaired) electrons. The second kappa shape index (κ2) is 8.78. The third-order valence-electron chi connectivity index (χ3n) is 4.00. The Morgan fingerprint density at radius 1 is 1.14 bits per heavy atom. The van der Waals surface area contributed by atoms with Crippen molar-refractivity contribution in [2.45, 2.75) is 13.8 Å². The number of halogens is 2. The van der Waals surface area contributed by atoms with Crippen LogP contribution in [0.25, 0.3) is 11.1 Å². The average Bonchev–Trinajstić information content (AvgIpc) is 3.05. The van der Waals surface area contributed by atoms with Gasteiger partial charge in [0, 0.05) is 16.0 Å². The largest absolute Gasteiger partial charge is 0.462 e. The van der Waals surface area contributed by atoms with Crippen molar-refractivity contribution in [3.63, 3.8) is 0 Å². The van der Waals surface area contributed by atoms with E-state index in [1.807, 2.05) is 36.6 Å². The smallest absolute Gasteiger partial charge is 0.341 e. The highest BCUT2D eigenvalue weighted by Gasteiger charge is 2.23. The van der Waals surface area contributed by atoms with Gasteiger partial charge in [-0.3, -0.25) is 4.79 Å². The van der Waals surface area contributed by atoms with Crippen LogP contribution in [-0.2, 0) is 4.74 Å². The Kier molecular flexibility index (Phi) is 6.39. The van der Waals surface area contributed by atoms with Crippen molar-refractivity contribution in [1.29, 1.82) is 0 Å². The molecule has 0 aliphatic carbocycles. The molecule has 0 saturated heterocycles. The van der Waals surface area contributed by atoms with E-state index in [-0.39, 0.29) is 17.2 Å². The van der Waals surface area contributed by atoms with E-state index in [2.05, 4.69) is 5.32 Å². The molecule has 7 heteroatoms. The fourth-order valence-corrected chi connectivity index (χ4v) is 4.17. The van der Waals surface area contributed by atoms with E-state index in [0.29, 0.717) is 21.2 Å². The molecule has 0 spiro atoms. The van der Waals surface area contributed by atoms with Gasteiger partial charge in [0.05, 0.1) is 17.2 Å². The highest BCUT2D eigenvalue weighted by molar-refractivity contribution is 7.15. The van der Waals surface area contributed by atoms with Gasteiger partial charge in [-0.25, -0.2) is 4.79 Å². The molecule has 1 heterocycles. The number of hydrogen-bond acceptors (Lipinski definition) is 4. The third kappa shape index (κ3) is 4.38. The van der Waals surface area contributed by atoms with Gasteiger partial charge in [0.25, 0.3) is 5.91 Å². The molecule has 0 bridgehead atoms. The van der Waals surface area contributed by atoms with Crippen LogP contribution in [0.4, 0.5) is 5.00 Å². The Morgan fingerprint density at radius 2 is 1.93 bits per heavy atom. The standard InChI is InChI=1S/C21H17Cl2NO3S/c1-3-27-21(26)18-16(13-6-4-5-12(2)9-13)11-28-20(18)24-19(25)15-8-7-14(22)10-17(15)23/h4-11H,3H2,1-2H3,(H,24,25). The zero-order valence-corrected chi connectivity index (χ0v) is 17.5. The van der Waals surface area contributed by atoms with E-state index < -0.39 is 11.9 Å². The fraction of sp³-hybridized carbons (Fsp3) is 0.143. The minimum atomic E-state index is -0.488. The number of thiophene rings is 1. The third-order valence-corrected chi connectivity index (χ3v) is 5.45. The number of esters is 1. The maximum atomic E-state index is 12.7. The lowest BCUT2D eigenvalue weighted by molar-refractivity contribution is 0.0529. The highest BCUT2D eigenvalue weighted by atomic mass is 35.5. The minimum absolute atomic E-state index is 0.234. The van der Waals surface area contributed by atoms with Gasteiger partial charge in [-0.2, -0.15) is 0 Å². The van der Waals surface area contributed by atoms with E-state index in [4.69, 9.17) is 27.9 Å². The van der Waals surface area contributed by atoms with E-state index >= 15 is 0 Å². The number of nitrogens with one attached hydrogen (secondary N) is 1. The molecule has 0 saturated carbocycles. The Hall–Kier alpha value is -2.34. The molecular weight excluding hydrogens is 417 g/mol. The van der Waals surface area contributed by atoms with E-state index in [0.717, 1.165) is 11.1 Å². The van der Waals surface area contributed by atoms with Crippen molar-refractivity contribution in [1.82, 2.24) is 0 Å². The van der Waals surface area contributed by atoms with Gasteiger partial charge in [-0.1, -0.05) is 53.0 Å². The van der Waals surface area contributed by atoms with Gasteiger partial charge in [-0.05, 0) is 37.6 Å². The van der Waals surface area contributed by atoms with Gasteiger partial charge in [0.2, 0.25) is 0 Å². The summed E-state index contributed by atoms with van der Waals surface area (Å²) in [6.07, 6.45) is 0. The summed E-state index contributed by atoms with van der Waals surface area (Å²) >= 11 is 13.3. The Labute approximate surface area is 177 Å². The maximum Gasteiger partial charge on any atom is 0.341 e. The van der Waals surface area contributed by atoms with E-state index in [1.165, 1.54) is 17.4 Å². The van der Waals surface area contributed by atoms with Gasteiger partial charge in [0.1, 0.15) is 10.6 Å². The molecule has 1 aromatic heterocycles. The quantitative estimate of drug-likeness (QED) is 0.469. The average molecular weight is 434 g/mol. The summed E-state index contributed by atoms with van der Waals surface area (Å²) in [7, 11) is 0. The van der Waals surface area contributed by atoms with Crippen LogP contribution in [0.15, 0.2) is 47.8 Å². The van der Waals surface area contributed by atoms with Gasteiger partial charge >= 0.3 is 5.97 Å². The summed E-state index contributed by atoms with van der Waals surface area (Å²) in [6, 6.07) is 12.4. The summed E-state index contributed by atoms with van der Waals surface area (Å²) in [5.41, 5.74) is 3.26. The number of rotatable bonds is 5. The number of hydrogen-bond donors (Lipinski definition) is 1. The predicted molar refractivity (Wildman–Crippen MR) is 115 cm³/mol. The first-order valence-electron chi connectivity index (χ1n) is 8.52. The topological polar surface area (TPSA) is 55.4 Å². The fourth-order valence-electron chi connectivity index (χ4n) is 2.72. The van der Waals surface area contributed by atoms with Crippen LogP contribution >= 0.6 is 34.5 Å². The number of benzene rings is 2. The van der Waals surface area contributed by atoms with Crippen molar-refractivity contribution in [2.24, 2.45) is 0 Å². The molecule has 0 unspecified atom stereocenters. The van der Waals surface area contributed by atoms with Crippen LogP contribution in [0, 0.1) is 6.92 Å². The summed E-state index contributed by atoms with van der Waals surface area (Å²) in [5, 5.41) is 5.70. The first kappa shape index (κ1) is 20.4. The molecule has 0 aliphatic heterocycles. The Balaban J connectivity index is 2.01. The molecule has 28 heavy (non-hydrogen) atoms.